The summed E-state index contributed by atoms with van der Waals surface area (Å²) in [6, 6.07) is -0.209. The van der Waals surface area contributed by atoms with E-state index in [2.05, 4.69) is 15.5 Å². The van der Waals surface area contributed by atoms with Gasteiger partial charge in [-0.2, -0.15) is 0 Å². The number of nitrogens with zero attached hydrogens (tertiary/aromatic N) is 1. The average molecular weight is 271 g/mol. The summed E-state index contributed by atoms with van der Waals surface area (Å²) in [5.41, 5.74) is 0. The third-order valence-corrected chi connectivity index (χ3v) is 3.42. The summed E-state index contributed by atoms with van der Waals surface area (Å²) in [6.07, 6.45) is 3.99. The van der Waals surface area contributed by atoms with Crippen LogP contribution in [0.1, 0.15) is 32.6 Å². The van der Waals surface area contributed by atoms with Crippen molar-refractivity contribution >= 4 is 12.0 Å². The normalized spacial score (nSPS) is 17.1. The molecule has 110 valence electrons. The summed E-state index contributed by atoms with van der Waals surface area (Å²) in [5.74, 6) is -1.25. The highest BCUT2D eigenvalue weighted by Gasteiger charge is 2.11. The predicted octanol–water partition coefficient (Wildman–Crippen LogP) is 0.882. The van der Waals surface area contributed by atoms with Crippen LogP contribution in [0.2, 0.25) is 0 Å². The Balaban J connectivity index is 1.94. The van der Waals surface area contributed by atoms with Crippen molar-refractivity contribution in [1.29, 1.82) is 0 Å². The molecule has 2 amide bonds. The molecular weight excluding hydrogens is 246 g/mol. The molecule has 0 spiro atoms. The van der Waals surface area contributed by atoms with Crippen LogP contribution >= 0.6 is 0 Å². The van der Waals surface area contributed by atoms with Crippen LogP contribution in [0, 0.1) is 5.92 Å². The molecule has 19 heavy (non-hydrogen) atoms. The van der Waals surface area contributed by atoms with E-state index in [1.54, 1.807) is 6.92 Å². The monoisotopic (exact) mass is 271 g/mol. The Morgan fingerprint density at radius 3 is 2.47 bits per heavy atom. The molecule has 1 heterocycles. The molecule has 0 bridgehead atoms. The van der Waals surface area contributed by atoms with E-state index in [1.807, 2.05) is 0 Å². The van der Waals surface area contributed by atoms with Crippen LogP contribution in [-0.4, -0.2) is 54.7 Å². The lowest BCUT2D eigenvalue weighted by atomic mass is 10.1. The highest BCUT2D eigenvalue weighted by Crippen LogP contribution is 2.06. The van der Waals surface area contributed by atoms with Crippen molar-refractivity contribution in [1.82, 2.24) is 15.5 Å². The number of carboxylic acid groups (broad SMARTS) is 1. The fourth-order valence-corrected chi connectivity index (χ4v) is 2.10. The topological polar surface area (TPSA) is 81.7 Å². The molecule has 3 N–H and O–H groups in total. The van der Waals surface area contributed by atoms with Crippen LogP contribution in [0.5, 0.6) is 0 Å². The number of carbonyl (C=O) groups is 2. The summed E-state index contributed by atoms with van der Waals surface area (Å²) in [5, 5.41) is 14.1. The third kappa shape index (κ3) is 7.00. The lowest BCUT2D eigenvalue weighted by Crippen LogP contribution is -2.38. The van der Waals surface area contributed by atoms with E-state index in [1.165, 1.54) is 25.9 Å². The molecule has 0 radical (unpaired) electrons. The molecule has 0 aromatic rings. The minimum absolute atomic E-state index is 0.209. The third-order valence-electron chi connectivity index (χ3n) is 3.42. The maximum Gasteiger partial charge on any atom is 0.314 e. The Hall–Kier alpha value is -1.30. The van der Waals surface area contributed by atoms with E-state index < -0.39 is 11.9 Å². The van der Waals surface area contributed by atoms with Crippen LogP contribution in [0.3, 0.4) is 0 Å². The maximum atomic E-state index is 11.4. The van der Waals surface area contributed by atoms with Crippen molar-refractivity contribution in [2.75, 3.05) is 32.7 Å². The van der Waals surface area contributed by atoms with Gasteiger partial charge in [0.25, 0.3) is 0 Å². The highest BCUT2D eigenvalue weighted by molar-refractivity contribution is 5.74. The molecule has 0 aromatic carbocycles. The van der Waals surface area contributed by atoms with Gasteiger partial charge in [0.05, 0.1) is 5.92 Å². The average Bonchev–Trinajstić information content (AvgIpc) is 2.87. The number of nitrogens with one attached hydrogen (secondary N) is 2. The van der Waals surface area contributed by atoms with Crippen molar-refractivity contribution in [3.63, 3.8) is 0 Å². The van der Waals surface area contributed by atoms with Crippen molar-refractivity contribution < 1.29 is 14.7 Å². The molecule has 6 heteroatoms. The number of urea groups is 1. The van der Waals surface area contributed by atoms with Gasteiger partial charge in [0, 0.05) is 13.1 Å². The molecule has 1 rings (SSSR count). The van der Waals surface area contributed by atoms with Crippen molar-refractivity contribution in [3.05, 3.63) is 0 Å². The number of hydrogen-bond acceptors (Lipinski definition) is 3. The summed E-state index contributed by atoms with van der Waals surface area (Å²) in [7, 11) is 0. The van der Waals surface area contributed by atoms with Gasteiger partial charge in [-0.05, 0) is 45.3 Å². The quantitative estimate of drug-likeness (QED) is 0.572. The van der Waals surface area contributed by atoms with Gasteiger partial charge in [0.15, 0.2) is 0 Å². The Bertz CT molecular complexity index is 291. The zero-order valence-electron chi connectivity index (χ0n) is 11.7. The molecule has 1 unspecified atom stereocenters. The molecule has 0 aliphatic carbocycles. The van der Waals surface area contributed by atoms with Crippen LogP contribution in [0.25, 0.3) is 0 Å². The van der Waals surface area contributed by atoms with Gasteiger partial charge in [-0.3, -0.25) is 4.79 Å². The number of carboxylic acids is 1. The first-order valence-electron chi connectivity index (χ1n) is 7.06. The van der Waals surface area contributed by atoms with Crippen LogP contribution < -0.4 is 10.6 Å². The fraction of sp³-hybridized carbons (Fsp3) is 0.846. The van der Waals surface area contributed by atoms with Gasteiger partial charge in [0.2, 0.25) is 0 Å². The first-order chi connectivity index (χ1) is 9.09. The van der Waals surface area contributed by atoms with Gasteiger partial charge in [0.1, 0.15) is 0 Å². The van der Waals surface area contributed by atoms with E-state index in [0.29, 0.717) is 19.5 Å². The zero-order chi connectivity index (χ0) is 14.1. The number of amides is 2. The highest BCUT2D eigenvalue weighted by atomic mass is 16.4. The summed E-state index contributed by atoms with van der Waals surface area (Å²) < 4.78 is 0. The fourth-order valence-electron chi connectivity index (χ4n) is 2.10. The van der Waals surface area contributed by atoms with Crippen LogP contribution in [0.4, 0.5) is 4.79 Å². The molecule has 1 saturated heterocycles. The minimum Gasteiger partial charge on any atom is -0.481 e. The Morgan fingerprint density at radius 2 is 1.84 bits per heavy atom. The van der Waals surface area contributed by atoms with Crippen molar-refractivity contribution in [2.24, 2.45) is 5.92 Å². The zero-order valence-corrected chi connectivity index (χ0v) is 11.7. The largest absolute Gasteiger partial charge is 0.481 e. The number of rotatable bonds is 8. The Morgan fingerprint density at radius 1 is 1.21 bits per heavy atom. The molecule has 1 aliphatic heterocycles. The molecule has 0 saturated carbocycles. The van der Waals surface area contributed by atoms with Gasteiger partial charge >= 0.3 is 12.0 Å². The number of carbonyl (C=O) groups excluding carboxylic acids is 1. The van der Waals surface area contributed by atoms with Gasteiger partial charge in [-0.1, -0.05) is 6.92 Å². The van der Waals surface area contributed by atoms with Crippen molar-refractivity contribution in [2.45, 2.75) is 32.6 Å². The minimum atomic E-state index is -0.826. The summed E-state index contributed by atoms with van der Waals surface area (Å²) in [6.45, 7) is 6.09. The smallest absolute Gasteiger partial charge is 0.314 e. The molecule has 1 aliphatic rings. The second-order valence-corrected chi connectivity index (χ2v) is 5.11. The van der Waals surface area contributed by atoms with Crippen LogP contribution in [0.15, 0.2) is 0 Å². The van der Waals surface area contributed by atoms with Crippen LogP contribution in [-0.2, 0) is 4.79 Å². The van der Waals surface area contributed by atoms with Gasteiger partial charge in [-0.15, -0.1) is 0 Å². The van der Waals surface area contributed by atoms with Gasteiger partial charge in [-0.25, -0.2) is 4.79 Å². The second kappa shape index (κ2) is 8.74. The summed E-state index contributed by atoms with van der Waals surface area (Å²) in [4.78, 5) is 24.4. The SMILES string of the molecule is CC(CCNC(=O)NCCCN1CCCC1)C(=O)O. The number of hydrogen-bond donors (Lipinski definition) is 3. The Kier molecular flexibility index (Phi) is 7.25. The van der Waals surface area contributed by atoms with Gasteiger partial charge < -0.3 is 20.6 Å². The Labute approximate surface area is 114 Å². The predicted molar refractivity (Wildman–Crippen MR) is 73.1 cm³/mol. The standard InChI is InChI=1S/C13H25N3O3/c1-11(12(17)18)5-7-15-13(19)14-6-4-10-16-8-2-3-9-16/h11H,2-10H2,1H3,(H,17,18)(H2,14,15,19). The number of likely N-dealkylation sites (tertiary alicyclic amines) is 1. The lowest BCUT2D eigenvalue weighted by molar-refractivity contribution is -0.141. The maximum absolute atomic E-state index is 11.4. The van der Waals surface area contributed by atoms with E-state index in [4.69, 9.17) is 5.11 Å². The summed E-state index contributed by atoms with van der Waals surface area (Å²) >= 11 is 0. The molecule has 1 atom stereocenters. The molecule has 6 nitrogen and oxygen atoms in total. The second-order valence-electron chi connectivity index (χ2n) is 5.11. The van der Waals surface area contributed by atoms with E-state index >= 15 is 0 Å². The first kappa shape index (κ1) is 15.8. The lowest BCUT2D eigenvalue weighted by Gasteiger charge is -2.14. The molecule has 0 aromatic heterocycles. The molecular formula is C13H25N3O3. The van der Waals surface area contributed by atoms with Crippen molar-refractivity contribution in [3.8, 4) is 0 Å². The first-order valence-corrected chi connectivity index (χ1v) is 7.06. The number of aliphatic carboxylic acids is 1. The van der Waals surface area contributed by atoms with E-state index in [0.717, 1.165) is 13.0 Å². The van der Waals surface area contributed by atoms with E-state index in [9.17, 15) is 9.59 Å². The molecule has 1 fully saturated rings. The van der Waals surface area contributed by atoms with E-state index in [-0.39, 0.29) is 6.03 Å².